The van der Waals surface area contributed by atoms with E-state index in [9.17, 15) is 0 Å². The van der Waals surface area contributed by atoms with Crippen LogP contribution in [0.15, 0.2) is 36.2 Å². The SMILES string of the molecule is CC(C)=CCc1ccncc1. The van der Waals surface area contributed by atoms with E-state index in [0.717, 1.165) is 6.42 Å². The van der Waals surface area contributed by atoms with E-state index in [0.29, 0.717) is 0 Å². The number of allylic oxidation sites excluding steroid dienone is 2. The fourth-order valence-electron chi connectivity index (χ4n) is 0.841. The van der Waals surface area contributed by atoms with E-state index < -0.39 is 0 Å². The van der Waals surface area contributed by atoms with Gasteiger partial charge in [-0.3, -0.25) is 4.98 Å². The van der Waals surface area contributed by atoms with Crippen molar-refractivity contribution in [2.45, 2.75) is 20.3 Å². The maximum absolute atomic E-state index is 3.95. The summed E-state index contributed by atoms with van der Waals surface area (Å²) in [5.41, 5.74) is 2.68. The molecule has 1 heterocycles. The molecule has 0 bridgehead atoms. The Morgan fingerprint density at radius 2 is 2.00 bits per heavy atom. The summed E-state index contributed by atoms with van der Waals surface area (Å²) < 4.78 is 0. The van der Waals surface area contributed by atoms with Crippen LogP contribution in [0.1, 0.15) is 19.4 Å². The van der Waals surface area contributed by atoms with Crippen molar-refractivity contribution in [2.75, 3.05) is 0 Å². The fraction of sp³-hybridized carbons (Fsp3) is 0.300. The smallest absolute Gasteiger partial charge is 0.0270 e. The molecule has 58 valence electrons. The minimum absolute atomic E-state index is 1.02. The van der Waals surface area contributed by atoms with Gasteiger partial charge in [0.2, 0.25) is 0 Å². The van der Waals surface area contributed by atoms with Crippen molar-refractivity contribution < 1.29 is 0 Å². The molecule has 0 spiro atoms. The van der Waals surface area contributed by atoms with Gasteiger partial charge in [-0.25, -0.2) is 0 Å². The maximum Gasteiger partial charge on any atom is 0.0270 e. The molecule has 1 heteroatoms. The molecule has 0 N–H and O–H groups in total. The Morgan fingerprint density at radius 3 is 2.55 bits per heavy atom. The molecule has 0 unspecified atom stereocenters. The first-order valence-corrected chi connectivity index (χ1v) is 3.81. The van der Waals surface area contributed by atoms with Crippen molar-refractivity contribution in [2.24, 2.45) is 0 Å². The van der Waals surface area contributed by atoms with Gasteiger partial charge in [0.05, 0.1) is 0 Å². The zero-order chi connectivity index (χ0) is 8.10. The van der Waals surface area contributed by atoms with Crippen LogP contribution >= 0.6 is 0 Å². The van der Waals surface area contributed by atoms with Gasteiger partial charge in [0.15, 0.2) is 0 Å². The van der Waals surface area contributed by atoms with Crippen LogP contribution in [-0.4, -0.2) is 4.98 Å². The quantitative estimate of drug-likeness (QED) is 0.586. The molecule has 0 aliphatic heterocycles. The number of pyridine rings is 1. The number of aromatic nitrogens is 1. The lowest BCUT2D eigenvalue weighted by atomic mass is 10.1. The average molecular weight is 147 g/mol. The zero-order valence-corrected chi connectivity index (χ0v) is 7.04. The van der Waals surface area contributed by atoms with Crippen molar-refractivity contribution in [1.82, 2.24) is 4.98 Å². The summed E-state index contributed by atoms with van der Waals surface area (Å²) in [6.45, 7) is 4.22. The highest BCUT2D eigenvalue weighted by atomic mass is 14.6. The molecule has 0 amide bonds. The lowest BCUT2D eigenvalue weighted by molar-refractivity contribution is 1.18. The Morgan fingerprint density at radius 1 is 1.36 bits per heavy atom. The third kappa shape index (κ3) is 2.99. The van der Waals surface area contributed by atoms with Gasteiger partial charge in [-0.2, -0.15) is 0 Å². The first kappa shape index (κ1) is 7.99. The molecule has 1 rings (SSSR count). The molecule has 0 atom stereocenters. The first-order chi connectivity index (χ1) is 5.29. The van der Waals surface area contributed by atoms with Crippen molar-refractivity contribution in [3.63, 3.8) is 0 Å². The Bertz CT molecular complexity index is 232. The van der Waals surface area contributed by atoms with Gasteiger partial charge in [-0.1, -0.05) is 11.6 Å². The van der Waals surface area contributed by atoms with Crippen LogP contribution in [0.4, 0.5) is 0 Å². The normalized spacial score (nSPS) is 9.27. The molecule has 0 aliphatic rings. The first-order valence-electron chi connectivity index (χ1n) is 3.81. The van der Waals surface area contributed by atoms with Crippen LogP contribution in [0.3, 0.4) is 0 Å². The molecule has 0 aliphatic carbocycles. The van der Waals surface area contributed by atoms with Crippen LogP contribution in [0.25, 0.3) is 0 Å². The number of hydrogen-bond donors (Lipinski definition) is 0. The lowest BCUT2D eigenvalue weighted by Gasteiger charge is -1.94. The van der Waals surface area contributed by atoms with E-state index in [1.54, 1.807) is 0 Å². The monoisotopic (exact) mass is 147 g/mol. The summed E-state index contributed by atoms with van der Waals surface area (Å²) in [5.74, 6) is 0. The topological polar surface area (TPSA) is 12.9 Å². The van der Waals surface area contributed by atoms with E-state index in [1.807, 2.05) is 24.5 Å². The average Bonchev–Trinajstić information content (AvgIpc) is 2.03. The van der Waals surface area contributed by atoms with Gasteiger partial charge in [0.25, 0.3) is 0 Å². The highest BCUT2D eigenvalue weighted by Gasteiger charge is 1.86. The molecule has 0 fully saturated rings. The molecular formula is C10H13N. The third-order valence-corrected chi connectivity index (χ3v) is 1.50. The third-order valence-electron chi connectivity index (χ3n) is 1.50. The lowest BCUT2D eigenvalue weighted by Crippen LogP contribution is -1.81. The molecule has 0 aromatic carbocycles. The summed E-state index contributed by atoms with van der Waals surface area (Å²) in [5, 5.41) is 0. The van der Waals surface area contributed by atoms with Gasteiger partial charge in [0.1, 0.15) is 0 Å². The molecule has 0 saturated carbocycles. The summed E-state index contributed by atoms with van der Waals surface area (Å²) in [6.07, 6.45) is 6.89. The van der Waals surface area contributed by atoms with E-state index in [1.165, 1.54) is 11.1 Å². The van der Waals surface area contributed by atoms with E-state index in [2.05, 4.69) is 24.9 Å². The van der Waals surface area contributed by atoms with Crippen LogP contribution in [0, 0.1) is 0 Å². The standard InChI is InChI=1S/C10H13N/c1-9(2)3-4-10-5-7-11-8-6-10/h3,5-8H,4H2,1-2H3. The van der Waals surface area contributed by atoms with Crippen LogP contribution < -0.4 is 0 Å². The van der Waals surface area contributed by atoms with E-state index in [4.69, 9.17) is 0 Å². The minimum Gasteiger partial charge on any atom is -0.265 e. The zero-order valence-electron chi connectivity index (χ0n) is 7.04. The Kier molecular flexibility index (Phi) is 2.84. The number of hydrogen-bond acceptors (Lipinski definition) is 1. The Hall–Kier alpha value is -1.11. The molecule has 11 heavy (non-hydrogen) atoms. The largest absolute Gasteiger partial charge is 0.265 e. The van der Waals surface area contributed by atoms with Crippen molar-refractivity contribution in [1.29, 1.82) is 0 Å². The summed E-state index contributed by atoms with van der Waals surface area (Å²) in [6, 6.07) is 4.08. The Labute approximate surface area is 67.8 Å². The molecule has 1 aromatic rings. The van der Waals surface area contributed by atoms with E-state index in [-0.39, 0.29) is 0 Å². The second-order valence-electron chi connectivity index (χ2n) is 2.84. The van der Waals surface area contributed by atoms with Gasteiger partial charge in [-0.15, -0.1) is 0 Å². The maximum atomic E-state index is 3.95. The molecular weight excluding hydrogens is 134 g/mol. The van der Waals surface area contributed by atoms with Gasteiger partial charge in [0, 0.05) is 12.4 Å². The van der Waals surface area contributed by atoms with E-state index >= 15 is 0 Å². The summed E-state index contributed by atoms with van der Waals surface area (Å²) in [4.78, 5) is 3.95. The fourth-order valence-corrected chi connectivity index (χ4v) is 0.841. The van der Waals surface area contributed by atoms with Gasteiger partial charge < -0.3 is 0 Å². The molecule has 0 saturated heterocycles. The van der Waals surface area contributed by atoms with Crippen LogP contribution in [0.2, 0.25) is 0 Å². The highest BCUT2D eigenvalue weighted by molar-refractivity contribution is 5.14. The predicted octanol–water partition coefficient (Wildman–Crippen LogP) is 2.59. The van der Waals surface area contributed by atoms with Crippen LogP contribution in [0.5, 0.6) is 0 Å². The summed E-state index contributed by atoms with van der Waals surface area (Å²) in [7, 11) is 0. The van der Waals surface area contributed by atoms with Crippen LogP contribution in [-0.2, 0) is 6.42 Å². The molecule has 0 radical (unpaired) electrons. The Balaban J connectivity index is 2.59. The van der Waals surface area contributed by atoms with Gasteiger partial charge in [-0.05, 0) is 38.0 Å². The molecule has 1 nitrogen and oxygen atoms in total. The van der Waals surface area contributed by atoms with Gasteiger partial charge >= 0.3 is 0 Å². The van der Waals surface area contributed by atoms with Crippen molar-refractivity contribution in [3.8, 4) is 0 Å². The second kappa shape index (κ2) is 3.91. The predicted molar refractivity (Wildman–Crippen MR) is 47.4 cm³/mol. The van der Waals surface area contributed by atoms with Crippen molar-refractivity contribution in [3.05, 3.63) is 41.7 Å². The van der Waals surface area contributed by atoms with Crippen molar-refractivity contribution >= 4 is 0 Å². The molecule has 1 aromatic heterocycles. The number of rotatable bonds is 2. The number of nitrogens with zero attached hydrogens (tertiary/aromatic N) is 1. The highest BCUT2D eigenvalue weighted by Crippen LogP contribution is 2.00. The second-order valence-corrected chi connectivity index (χ2v) is 2.84. The summed E-state index contributed by atoms with van der Waals surface area (Å²) >= 11 is 0. The minimum atomic E-state index is 1.02.